The molecule has 1 amide bonds. The number of amides is 1. The van der Waals surface area contributed by atoms with E-state index in [1.165, 1.54) is 68.6 Å². The molecule has 11 aromatic rings. The number of benzene rings is 6. The van der Waals surface area contributed by atoms with E-state index < -0.39 is 33.7 Å². The summed E-state index contributed by atoms with van der Waals surface area (Å²) < 4.78 is 66.4. The monoisotopic (exact) mass is 1350 g/mol. The number of carbonyl (C=O) groups excluding carboxylic acids is 2. The van der Waals surface area contributed by atoms with E-state index in [0.29, 0.717) is 61.9 Å². The molecule has 6 aromatic carbocycles. The molecule has 3 unspecified atom stereocenters. The standard InChI is InChI=1S/C19H14Cl2FN3O.C11H8ClFN2O2.C11H12ClFN2.C9H5ClFNO.C8H5ClFN.C2H5NO2.Al.Li.4H/c1-8-4-11-10-6-14(22)13(21)7-16(10)23-17(11)19(25-8)12-5-9(20)2-3-15(12)24-18(19)26;1-6(15(16)17)2-7-5-14-11-4-9(12)10(13)3-8(7)11;1-6(14)2-7-5-15-11-4-9(12)10(13)3-8(7)11;10-7-2-9-6(1-8(7)11)5(4-13)3-12-9;9-6-4-8-5(1-2-11-8)3-7(6)10;1-2-3(4)5;;;;;;/h2-3,5-8,23,25H,4H2,1H3,(H,24,26);2-5,14H,1H3;3-6,15H,2,14H2,1H3;1-4,12H;1-4,11H;2H2,1H3;;;;;;/q;;;;;;;+1;;;;-1/b;6-2-;;;;;;;;;;. The van der Waals surface area contributed by atoms with Crippen LogP contribution >= 0.6 is 69.6 Å². The maximum absolute atomic E-state index is 14.1. The van der Waals surface area contributed by atoms with Crippen molar-refractivity contribution >= 4 is 165 Å². The third-order valence-electron chi connectivity index (χ3n) is 13.8. The first kappa shape index (κ1) is 71.2. The number of hydrogen-bond donors (Lipinski definition) is 8. The van der Waals surface area contributed by atoms with Crippen molar-refractivity contribution in [2.24, 2.45) is 5.73 Å². The number of fused-ring (bicyclic) bond motifs is 10. The molecule has 29 heteroatoms. The minimum atomic E-state index is -1.09. The van der Waals surface area contributed by atoms with E-state index in [1.54, 1.807) is 54.9 Å². The zero-order valence-corrected chi connectivity index (χ0v) is 51.4. The summed E-state index contributed by atoms with van der Waals surface area (Å²) in [7, 11) is 0. The number of H-pyrrole nitrogens is 5. The summed E-state index contributed by atoms with van der Waals surface area (Å²) in [5.41, 5.74) is 13.5. The molecule has 3 atom stereocenters. The average molecular weight is 1350 g/mol. The van der Waals surface area contributed by atoms with Gasteiger partial charge in [-0.05, 0) is 123 Å². The molecule has 1 spiro atoms. The van der Waals surface area contributed by atoms with Crippen LogP contribution in [-0.4, -0.2) is 82.9 Å². The molecule has 16 nitrogen and oxygen atoms in total. The number of allylic oxidation sites excluding steroid dienone is 1. The maximum Gasteiger partial charge on any atom is 1.00 e. The van der Waals surface area contributed by atoms with Gasteiger partial charge in [-0.2, -0.15) is 0 Å². The second kappa shape index (κ2) is 30.3. The summed E-state index contributed by atoms with van der Waals surface area (Å²) in [6.45, 7) is 6.84. The molecule has 7 heterocycles. The van der Waals surface area contributed by atoms with Crippen LogP contribution in [0.15, 0.2) is 115 Å². The minimum Gasteiger partial charge on any atom is -1.00 e. The second-order valence-electron chi connectivity index (χ2n) is 20.0. The van der Waals surface area contributed by atoms with Gasteiger partial charge in [-0.15, -0.1) is 0 Å². The fourth-order valence-electron chi connectivity index (χ4n) is 9.75. The molecular weight excluding hydrogens is 1300 g/mol. The smallest absolute Gasteiger partial charge is 1.00 e. The Morgan fingerprint density at radius 1 is 0.708 bits per heavy atom. The maximum atomic E-state index is 14.1. The van der Waals surface area contributed by atoms with Crippen molar-refractivity contribution in [2.45, 2.75) is 58.2 Å². The Morgan fingerprint density at radius 3 is 1.73 bits per heavy atom. The van der Waals surface area contributed by atoms with Gasteiger partial charge in [0.1, 0.15) is 29.1 Å². The van der Waals surface area contributed by atoms with Crippen molar-refractivity contribution in [1.82, 2.24) is 30.2 Å². The van der Waals surface area contributed by atoms with E-state index >= 15 is 0 Å². The van der Waals surface area contributed by atoms with E-state index in [9.17, 15) is 51.8 Å². The first-order chi connectivity index (χ1) is 41.2. The van der Waals surface area contributed by atoms with Crippen LogP contribution in [0.25, 0.3) is 60.6 Å². The largest absolute Gasteiger partial charge is 1.00 e. The van der Waals surface area contributed by atoms with Gasteiger partial charge < -0.3 is 37.4 Å². The fraction of sp³-hybridized carbons (Fsp3) is 0.167. The number of anilines is 1. The van der Waals surface area contributed by atoms with Crippen molar-refractivity contribution in [3.63, 3.8) is 0 Å². The molecule has 0 aliphatic carbocycles. The van der Waals surface area contributed by atoms with Crippen molar-refractivity contribution in [1.29, 1.82) is 0 Å². The van der Waals surface area contributed by atoms with Crippen LogP contribution in [-0.2, 0) is 23.2 Å². The Hall–Kier alpha value is -6.86. The van der Waals surface area contributed by atoms with Crippen LogP contribution < -0.4 is 35.2 Å². The Labute approximate surface area is 557 Å². The van der Waals surface area contributed by atoms with Gasteiger partial charge in [0.25, 0.3) is 5.91 Å². The van der Waals surface area contributed by atoms with Crippen LogP contribution in [0.1, 0.15) is 67.4 Å². The number of rotatable bonds is 6. The number of nitrogens with one attached hydrogen (secondary N) is 7. The summed E-state index contributed by atoms with van der Waals surface area (Å²) in [5, 5.41) is 30.6. The van der Waals surface area contributed by atoms with Gasteiger partial charge >= 0.3 is 18.9 Å². The number of aromatic nitrogens is 5. The minimum absolute atomic E-state index is 0. The quantitative estimate of drug-likeness (QED) is 0.0261. The molecule has 0 saturated heterocycles. The summed E-state index contributed by atoms with van der Waals surface area (Å²) in [6.07, 6.45) is 10.1. The second-order valence-corrected chi connectivity index (χ2v) is 22.5. The third-order valence-corrected chi connectivity index (χ3v) is 15.4. The van der Waals surface area contributed by atoms with Gasteiger partial charge in [-0.3, -0.25) is 35.1 Å². The molecule has 5 aromatic heterocycles. The molecule has 13 rings (SSSR count). The van der Waals surface area contributed by atoms with Gasteiger partial charge in [-0.25, -0.2) is 22.0 Å². The number of nitro groups is 2. The number of nitrogens with two attached hydrogens (primary N) is 1. The number of halogens is 11. The predicted octanol–water partition coefficient (Wildman–Crippen LogP) is 12.7. The molecule has 0 saturated carbocycles. The molecule has 9 N–H and O–H groups in total. The Morgan fingerprint density at radius 2 is 1.19 bits per heavy atom. The van der Waals surface area contributed by atoms with E-state index in [4.69, 9.17) is 75.3 Å². The number of carbonyl (C=O) groups is 2. The molecule has 2 aliphatic heterocycles. The first-order valence-electron chi connectivity index (χ1n) is 26.1. The Bertz CT molecular complexity index is 4470. The Kier molecular flexibility index (Phi) is 24.2. The van der Waals surface area contributed by atoms with Crippen LogP contribution in [0.4, 0.5) is 27.6 Å². The molecular formula is C60H53AlCl6F5LiN10O6. The number of aldehydes is 1. The van der Waals surface area contributed by atoms with E-state index in [-0.39, 0.29) is 104 Å². The topological polar surface area (TPSA) is 249 Å². The zero-order chi connectivity index (χ0) is 63.3. The predicted molar refractivity (Wildman–Crippen MR) is 345 cm³/mol. The van der Waals surface area contributed by atoms with Crippen LogP contribution in [0.5, 0.6) is 0 Å². The van der Waals surface area contributed by atoms with Gasteiger partial charge in [0.2, 0.25) is 12.2 Å². The van der Waals surface area contributed by atoms with Crippen LogP contribution in [0.3, 0.4) is 0 Å². The van der Waals surface area contributed by atoms with Gasteiger partial charge in [0.15, 0.2) is 29.2 Å². The number of hydrogen-bond acceptors (Lipinski definition) is 8. The van der Waals surface area contributed by atoms with Crippen LogP contribution in [0.2, 0.25) is 30.1 Å². The molecule has 0 radical (unpaired) electrons. The molecule has 2 aliphatic rings. The van der Waals surface area contributed by atoms with Crippen molar-refractivity contribution in [2.75, 3.05) is 11.9 Å². The molecule has 89 heavy (non-hydrogen) atoms. The summed E-state index contributed by atoms with van der Waals surface area (Å²) in [5.74, 6) is -2.49. The van der Waals surface area contributed by atoms with Gasteiger partial charge in [0, 0.05) is 144 Å². The fourth-order valence-corrected chi connectivity index (χ4v) is 10.7. The van der Waals surface area contributed by atoms with Crippen molar-refractivity contribution in [3.8, 4) is 0 Å². The SMILES string of the molecule is C/C(=C/c1c[nH]c2cc(Cl)c(F)cc12)[N+](=O)[O-].CC(N)Cc1c[nH]c2cc(Cl)c(F)cc12.CC1Cc2c([nH]c3cc(Cl)c(F)cc23)C2(N1)C(=O)Nc1ccc(Cl)cc12.CC[N+](=O)[O-].Fc1cc2cc[nH]c2cc1Cl.O=Cc1c[nH]c2cc(Cl)c(F)cc12.[AlH3].[H-].[Li+]. The van der Waals surface area contributed by atoms with Gasteiger partial charge in [-0.1, -0.05) is 69.6 Å². The van der Waals surface area contributed by atoms with Crippen LogP contribution in [0, 0.1) is 49.3 Å². The number of nitrogens with zero attached hydrogens (tertiary/aromatic N) is 2. The number of aromatic amines is 5. The third kappa shape index (κ3) is 16.0. The average Bonchev–Trinajstić information content (AvgIpc) is 1.53. The molecule has 0 fully saturated rings. The zero-order valence-electron chi connectivity index (χ0n) is 47.9. The first-order valence-corrected chi connectivity index (χ1v) is 28.3. The summed E-state index contributed by atoms with van der Waals surface area (Å²) in [4.78, 5) is 57.4. The molecule has 0 bridgehead atoms. The summed E-state index contributed by atoms with van der Waals surface area (Å²) >= 11 is 34.6. The van der Waals surface area contributed by atoms with E-state index in [2.05, 4.69) is 35.6 Å². The van der Waals surface area contributed by atoms with Crippen molar-refractivity contribution in [3.05, 3.63) is 228 Å². The normalized spacial score (nSPS) is 14.9. The van der Waals surface area contributed by atoms with E-state index in [0.717, 1.165) is 56.0 Å². The van der Waals surface area contributed by atoms with Gasteiger partial charge in [0.05, 0.1) is 35.7 Å². The van der Waals surface area contributed by atoms with E-state index in [1.807, 2.05) is 20.0 Å². The Balaban J connectivity index is 0.000000205. The molecule has 460 valence electrons. The van der Waals surface area contributed by atoms with Crippen molar-refractivity contribution < 1.29 is 61.7 Å². The summed E-state index contributed by atoms with van der Waals surface area (Å²) in [6, 6.07) is 21.6.